The Balaban J connectivity index is 1.69. The molecule has 1 N–H and O–H groups in total. The molecule has 6 nitrogen and oxygen atoms in total. The molecule has 168 valence electrons. The first-order valence-electron chi connectivity index (χ1n) is 11.4. The lowest BCUT2D eigenvalue weighted by atomic mass is 9.82. The van der Waals surface area contributed by atoms with Gasteiger partial charge < -0.3 is 19.0 Å². The molecule has 2 fully saturated rings. The van der Waals surface area contributed by atoms with Crippen molar-refractivity contribution < 1.29 is 19.1 Å². The van der Waals surface area contributed by atoms with Gasteiger partial charge in [0.05, 0.1) is 29.3 Å². The molecule has 0 bridgehead atoms. The third-order valence-electron chi connectivity index (χ3n) is 6.82. The summed E-state index contributed by atoms with van der Waals surface area (Å²) in [5, 5.41) is 10.7. The third kappa shape index (κ3) is 3.94. The van der Waals surface area contributed by atoms with Crippen LogP contribution in [0.15, 0.2) is 41.2 Å². The third-order valence-corrected chi connectivity index (χ3v) is 7.76. The molecule has 0 radical (unpaired) electrons. The summed E-state index contributed by atoms with van der Waals surface area (Å²) in [7, 11) is 0. The molecule has 1 aromatic carbocycles. The van der Waals surface area contributed by atoms with Crippen LogP contribution in [-0.4, -0.2) is 51.0 Å². The summed E-state index contributed by atoms with van der Waals surface area (Å²) in [4.78, 5) is 27.0. The maximum atomic E-state index is 13.3. The summed E-state index contributed by atoms with van der Waals surface area (Å²) < 4.78 is 7.48. The number of benzene rings is 1. The first kappa shape index (κ1) is 21.2. The lowest BCUT2D eigenvalue weighted by Crippen LogP contribution is -2.39. The van der Waals surface area contributed by atoms with Crippen LogP contribution in [-0.2, 0) is 11.3 Å². The Hall–Kier alpha value is -2.67. The van der Waals surface area contributed by atoms with Gasteiger partial charge in [-0.15, -0.1) is 0 Å². The van der Waals surface area contributed by atoms with E-state index >= 15 is 0 Å². The molecule has 0 unspecified atom stereocenters. The van der Waals surface area contributed by atoms with E-state index in [1.54, 1.807) is 24.7 Å². The van der Waals surface area contributed by atoms with Crippen LogP contribution in [0.1, 0.15) is 53.9 Å². The second kappa shape index (κ2) is 9.06. The molecule has 5 rings (SSSR count). The Bertz CT molecular complexity index is 1120. The van der Waals surface area contributed by atoms with Crippen molar-refractivity contribution in [1.29, 1.82) is 0 Å². The van der Waals surface area contributed by atoms with E-state index < -0.39 is 5.97 Å². The van der Waals surface area contributed by atoms with Crippen molar-refractivity contribution in [3.8, 4) is 11.3 Å². The standard InChI is InChI=1S/C25H28N2O4S/c28-22(26-9-12-32-13-10-26)15-27-21-14-18(25(29)30)6-7-20(21)23(17-4-2-1-3-5-17)24(27)19-8-11-31-16-19/h6-8,11,14,16-17H,1-5,9-10,12-13,15H2,(H,29,30). The number of carboxylic acids is 1. The van der Waals surface area contributed by atoms with Crippen molar-refractivity contribution >= 4 is 34.5 Å². The smallest absolute Gasteiger partial charge is 0.335 e. The highest BCUT2D eigenvalue weighted by atomic mass is 32.2. The van der Waals surface area contributed by atoms with E-state index in [4.69, 9.17) is 4.42 Å². The Kier molecular flexibility index (Phi) is 6.00. The summed E-state index contributed by atoms with van der Waals surface area (Å²) in [5.41, 5.74) is 4.25. The zero-order valence-corrected chi connectivity index (χ0v) is 18.9. The van der Waals surface area contributed by atoms with Crippen molar-refractivity contribution in [3.63, 3.8) is 0 Å². The number of rotatable bonds is 5. The molecule has 1 aliphatic carbocycles. The molecule has 2 aromatic heterocycles. The number of hydrogen-bond donors (Lipinski definition) is 1. The number of thioether (sulfide) groups is 1. The van der Waals surface area contributed by atoms with Crippen LogP contribution in [0.2, 0.25) is 0 Å². The van der Waals surface area contributed by atoms with Crippen molar-refractivity contribution in [2.24, 2.45) is 0 Å². The SMILES string of the molecule is O=C(O)c1ccc2c(C3CCCCC3)c(-c3ccoc3)n(CC(=O)N3CCSCC3)c2c1. The second-order valence-electron chi connectivity index (χ2n) is 8.73. The van der Waals surface area contributed by atoms with Crippen LogP contribution < -0.4 is 0 Å². The van der Waals surface area contributed by atoms with E-state index in [1.807, 2.05) is 33.4 Å². The van der Waals surface area contributed by atoms with Crippen LogP contribution in [0.5, 0.6) is 0 Å². The fourth-order valence-electron chi connectivity index (χ4n) is 5.24. The minimum atomic E-state index is -0.955. The number of furan rings is 1. The van der Waals surface area contributed by atoms with Gasteiger partial charge in [-0.3, -0.25) is 4.79 Å². The van der Waals surface area contributed by atoms with Gasteiger partial charge >= 0.3 is 5.97 Å². The van der Waals surface area contributed by atoms with Gasteiger partial charge in [-0.05, 0) is 42.5 Å². The number of hydrogen-bond acceptors (Lipinski definition) is 4. The Morgan fingerprint density at radius 3 is 2.56 bits per heavy atom. The van der Waals surface area contributed by atoms with Crippen LogP contribution in [0, 0.1) is 0 Å². The number of amides is 1. The van der Waals surface area contributed by atoms with Crippen LogP contribution in [0.4, 0.5) is 0 Å². The minimum absolute atomic E-state index is 0.0860. The van der Waals surface area contributed by atoms with Crippen LogP contribution >= 0.6 is 11.8 Å². The van der Waals surface area contributed by atoms with Crippen molar-refractivity contribution in [2.45, 2.75) is 44.6 Å². The summed E-state index contributed by atoms with van der Waals surface area (Å²) in [6, 6.07) is 7.29. The van der Waals surface area contributed by atoms with Crippen LogP contribution in [0.25, 0.3) is 22.2 Å². The number of aromatic carboxylic acids is 1. The van der Waals surface area contributed by atoms with Gasteiger partial charge in [-0.2, -0.15) is 11.8 Å². The molecule has 1 saturated carbocycles. The number of carboxylic acid groups (broad SMARTS) is 1. The largest absolute Gasteiger partial charge is 0.478 e. The zero-order valence-electron chi connectivity index (χ0n) is 18.1. The lowest BCUT2D eigenvalue weighted by molar-refractivity contribution is -0.131. The summed E-state index contributed by atoms with van der Waals surface area (Å²) in [5.74, 6) is 1.45. The van der Waals surface area contributed by atoms with Gasteiger partial charge in [0.2, 0.25) is 5.91 Å². The lowest BCUT2D eigenvalue weighted by Gasteiger charge is -2.27. The van der Waals surface area contributed by atoms with Crippen molar-refractivity contribution in [1.82, 2.24) is 9.47 Å². The van der Waals surface area contributed by atoms with Crippen molar-refractivity contribution in [3.05, 3.63) is 47.9 Å². The monoisotopic (exact) mass is 452 g/mol. The Morgan fingerprint density at radius 1 is 1.09 bits per heavy atom. The Morgan fingerprint density at radius 2 is 1.88 bits per heavy atom. The van der Waals surface area contributed by atoms with Gasteiger partial charge in [0, 0.05) is 35.5 Å². The van der Waals surface area contributed by atoms with E-state index in [0.717, 1.165) is 59.6 Å². The molecular formula is C25H28N2O4S. The van der Waals surface area contributed by atoms with E-state index in [-0.39, 0.29) is 18.0 Å². The van der Waals surface area contributed by atoms with Crippen LogP contribution in [0.3, 0.4) is 0 Å². The van der Waals surface area contributed by atoms with Gasteiger partial charge in [-0.25, -0.2) is 4.79 Å². The van der Waals surface area contributed by atoms with E-state index in [9.17, 15) is 14.7 Å². The van der Waals surface area contributed by atoms with Crippen molar-refractivity contribution in [2.75, 3.05) is 24.6 Å². The molecule has 32 heavy (non-hydrogen) atoms. The fraction of sp³-hybridized carbons (Fsp3) is 0.440. The van der Waals surface area contributed by atoms with E-state index in [0.29, 0.717) is 5.92 Å². The van der Waals surface area contributed by atoms with Gasteiger partial charge in [0.1, 0.15) is 6.54 Å². The van der Waals surface area contributed by atoms with Gasteiger partial charge in [0.25, 0.3) is 0 Å². The molecule has 2 aliphatic rings. The predicted molar refractivity (Wildman–Crippen MR) is 126 cm³/mol. The molecule has 0 atom stereocenters. The highest BCUT2D eigenvalue weighted by Gasteiger charge is 2.29. The predicted octanol–water partition coefficient (Wildman–Crippen LogP) is 5.22. The molecule has 3 heterocycles. The fourth-order valence-corrected chi connectivity index (χ4v) is 6.14. The second-order valence-corrected chi connectivity index (χ2v) is 9.95. The first-order valence-corrected chi connectivity index (χ1v) is 12.6. The van der Waals surface area contributed by atoms with Gasteiger partial charge in [0.15, 0.2) is 0 Å². The number of nitrogens with zero attached hydrogens (tertiary/aromatic N) is 2. The summed E-state index contributed by atoms with van der Waals surface area (Å²) in [6.07, 6.45) is 9.26. The van der Waals surface area contributed by atoms with E-state index in [1.165, 1.54) is 24.8 Å². The summed E-state index contributed by atoms with van der Waals surface area (Å²) in [6.45, 7) is 1.73. The highest BCUT2D eigenvalue weighted by molar-refractivity contribution is 7.99. The maximum absolute atomic E-state index is 13.3. The minimum Gasteiger partial charge on any atom is -0.478 e. The van der Waals surface area contributed by atoms with Gasteiger partial charge in [-0.1, -0.05) is 25.3 Å². The highest BCUT2D eigenvalue weighted by Crippen LogP contribution is 2.44. The molecule has 0 spiro atoms. The number of carbonyl (C=O) groups is 2. The maximum Gasteiger partial charge on any atom is 0.335 e. The molecule has 1 saturated heterocycles. The number of carbonyl (C=O) groups excluding carboxylic acids is 1. The number of fused-ring (bicyclic) bond motifs is 1. The first-order chi connectivity index (χ1) is 15.6. The average Bonchev–Trinajstić information content (AvgIpc) is 3.46. The zero-order chi connectivity index (χ0) is 22.1. The Labute approximate surface area is 191 Å². The molecule has 1 amide bonds. The summed E-state index contributed by atoms with van der Waals surface area (Å²) >= 11 is 1.88. The number of aromatic nitrogens is 1. The molecular weight excluding hydrogens is 424 g/mol. The quantitative estimate of drug-likeness (QED) is 0.574. The average molecular weight is 453 g/mol. The molecule has 7 heteroatoms. The topological polar surface area (TPSA) is 75.7 Å². The normalized spacial score (nSPS) is 17.7. The molecule has 1 aliphatic heterocycles. The van der Waals surface area contributed by atoms with E-state index in [2.05, 4.69) is 0 Å². The molecule has 3 aromatic rings.